The number of methoxy groups -OCH3 is 1. The molecular weight excluding hydrogens is 246 g/mol. The summed E-state index contributed by atoms with van der Waals surface area (Å²) >= 11 is 6.45. The fourth-order valence-corrected chi connectivity index (χ4v) is 2.14. The SMILES string of the molecule is COc1cccc(C(Cl)Cc2ncccc2C)c1. The Morgan fingerprint density at radius 3 is 2.83 bits per heavy atom. The average Bonchev–Trinajstić information content (AvgIpc) is 2.41. The maximum atomic E-state index is 6.45. The van der Waals surface area contributed by atoms with E-state index in [4.69, 9.17) is 16.3 Å². The molecule has 0 saturated carbocycles. The van der Waals surface area contributed by atoms with Crippen molar-refractivity contribution in [2.45, 2.75) is 18.7 Å². The Labute approximate surface area is 113 Å². The van der Waals surface area contributed by atoms with Crippen LogP contribution >= 0.6 is 11.6 Å². The predicted octanol–water partition coefficient (Wildman–Crippen LogP) is 3.92. The number of alkyl halides is 1. The normalized spacial score (nSPS) is 12.2. The van der Waals surface area contributed by atoms with Crippen molar-refractivity contribution in [3.63, 3.8) is 0 Å². The van der Waals surface area contributed by atoms with Gasteiger partial charge in [-0.15, -0.1) is 11.6 Å². The van der Waals surface area contributed by atoms with Gasteiger partial charge in [0.2, 0.25) is 0 Å². The molecule has 0 bridgehead atoms. The fourth-order valence-electron chi connectivity index (χ4n) is 1.86. The van der Waals surface area contributed by atoms with E-state index >= 15 is 0 Å². The first-order valence-electron chi connectivity index (χ1n) is 5.89. The average molecular weight is 262 g/mol. The van der Waals surface area contributed by atoms with Gasteiger partial charge in [0.15, 0.2) is 0 Å². The summed E-state index contributed by atoms with van der Waals surface area (Å²) in [6.45, 7) is 2.05. The Balaban J connectivity index is 2.16. The van der Waals surface area contributed by atoms with Crippen molar-refractivity contribution < 1.29 is 4.74 Å². The van der Waals surface area contributed by atoms with Crippen LogP contribution in [-0.4, -0.2) is 12.1 Å². The maximum absolute atomic E-state index is 6.45. The van der Waals surface area contributed by atoms with E-state index in [1.54, 1.807) is 13.3 Å². The predicted molar refractivity (Wildman–Crippen MR) is 74.3 cm³/mol. The quantitative estimate of drug-likeness (QED) is 0.779. The molecule has 0 aliphatic rings. The van der Waals surface area contributed by atoms with Gasteiger partial charge in [-0.1, -0.05) is 18.2 Å². The van der Waals surface area contributed by atoms with Crippen molar-refractivity contribution in [2.24, 2.45) is 0 Å². The number of aromatic nitrogens is 1. The van der Waals surface area contributed by atoms with E-state index in [1.165, 1.54) is 5.56 Å². The molecule has 94 valence electrons. The van der Waals surface area contributed by atoms with Gasteiger partial charge in [0, 0.05) is 18.3 Å². The molecule has 1 aromatic heterocycles. The van der Waals surface area contributed by atoms with Crippen LogP contribution in [0.5, 0.6) is 5.75 Å². The molecule has 0 fully saturated rings. The summed E-state index contributed by atoms with van der Waals surface area (Å²) in [7, 11) is 1.66. The second kappa shape index (κ2) is 5.87. The number of pyridine rings is 1. The van der Waals surface area contributed by atoms with Crippen LogP contribution in [0.1, 0.15) is 22.2 Å². The van der Waals surface area contributed by atoms with Gasteiger partial charge in [0.05, 0.1) is 12.5 Å². The number of ether oxygens (including phenoxy) is 1. The van der Waals surface area contributed by atoms with Crippen molar-refractivity contribution in [3.8, 4) is 5.75 Å². The monoisotopic (exact) mass is 261 g/mol. The number of halogens is 1. The highest BCUT2D eigenvalue weighted by Gasteiger charge is 2.11. The number of aryl methyl sites for hydroxylation is 1. The third-order valence-electron chi connectivity index (χ3n) is 2.95. The van der Waals surface area contributed by atoms with Gasteiger partial charge in [-0.2, -0.15) is 0 Å². The standard InChI is InChI=1S/C15H16ClNO/c1-11-5-4-8-17-15(11)10-14(16)12-6-3-7-13(9-12)18-2/h3-9,14H,10H2,1-2H3. The van der Waals surface area contributed by atoms with Crippen LogP contribution in [0.4, 0.5) is 0 Å². The molecule has 2 aromatic rings. The van der Waals surface area contributed by atoms with Crippen molar-refractivity contribution in [3.05, 3.63) is 59.4 Å². The first-order valence-corrected chi connectivity index (χ1v) is 6.33. The number of hydrogen-bond donors (Lipinski definition) is 0. The molecule has 1 aromatic carbocycles. The molecule has 3 heteroatoms. The molecule has 0 amide bonds. The number of rotatable bonds is 4. The van der Waals surface area contributed by atoms with E-state index in [2.05, 4.69) is 18.0 Å². The zero-order valence-electron chi connectivity index (χ0n) is 10.6. The highest BCUT2D eigenvalue weighted by molar-refractivity contribution is 6.20. The molecule has 18 heavy (non-hydrogen) atoms. The Kier molecular flexibility index (Phi) is 4.21. The van der Waals surface area contributed by atoms with Crippen LogP contribution in [0.15, 0.2) is 42.6 Å². The van der Waals surface area contributed by atoms with Gasteiger partial charge in [-0.05, 0) is 36.2 Å². The van der Waals surface area contributed by atoms with Crippen LogP contribution in [0.3, 0.4) is 0 Å². The Hall–Kier alpha value is -1.54. The first-order chi connectivity index (χ1) is 8.70. The summed E-state index contributed by atoms with van der Waals surface area (Å²) in [5, 5.41) is -0.0892. The van der Waals surface area contributed by atoms with Crippen molar-refractivity contribution in [1.82, 2.24) is 4.98 Å². The molecule has 0 radical (unpaired) electrons. The first kappa shape index (κ1) is 12.9. The van der Waals surface area contributed by atoms with E-state index in [0.29, 0.717) is 0 Å². The van der Waals surface area contributed by atoms with E-state index in [0.717, 1.165) is 23.4 Å². The fraction of sp³-hybridized carbons (Fsp3) is 0.267. The lowest BCUT2D eigenvalue weighted by Gasteiger charge is -2.12. The van der Waals surface area contributed by atoms with E-state index < -0.39 is 0 Å². The summed E-state index contributed by atoms with van der Waals surface area (Å²) in [4.78, 5) is 4.37. The number of nitrogens with zero attached hydrogens (tertiary/aromatic N) is 1. The minimum atomic E-state index is -0.0892. The molecule has 1 unspecified atom stereocenters. The third kappa shape index (κ3) is 3.02. The van der Waals surface area contributed by atoms with Gasteiger partial charge < -0.3 is 4.74 Å². The van der Waals surface area contributed by atoms with Gasteiger partial charge in [0.25, 0.3) is 0 Å². The van der Waals surface area contributed by atoms with Crippen molar-refractivity contribution in [2.75, 3.05) is 7.11 Å². The molecule has 0 aliphatic heterocycles. The lowest BCUT2D eigenvalue weighted by molar-refractivity contribution is 0.414. The Morgan fingerprint density at radius 2 is 2.11 bits per heavy atom. The summed E-state index contributed by atoms with van der Waals surface area (Å²) < 4.78 is 5.20. The largest absolute Gasteiger partial charge is 0.497 e. The van der Waals surface area contributed by atoms with Crippen LogP contribution in [0.25, 0.3) is 0 Å². The van der Waals surface area contributed by atoms with E-state index in [-0.39, 0.29) is 5.38 Å². The number of benzene rings is 1. The Bertz CT molecular complexity index is 527. The number of hydrogen-bond acceptors (Lipinski definition) is 2. The van der Waals surface area contributed by atoms with E-state index in [9.17, 15) is 0 Å². The molecule has 0 saturated heterocycles. The summed E-state index contributed by atoms with van der Waals surface area (Å²) in [5.41, 5.74) is 3.27. The summed E-state index contributed by atoms with van der Waals surface area (Å²) in [6.07, 6.45) is 2.53. The smallest absolute Gasteiger partial charge is 0.119 e. The zero-order chi connectivity index (χ0) is 13.0. The second-order valence-corrected chi connectivity index (χ2v) is 4.74. The second-order valence-electron chi connectivity index (χ2n) is 4.22. The highest BCUT2D eigenvalue weighted by atomic mass is 35.5. The maximum Gasteiger partial charge on any atom is 0.119 e. The molecule has 0 spiro atoms. The van der Waals surface area contributed by atoms with Crippen LogP contribution in [-0.2, 0) is 6.42 Å². The van der Waals surface area contributed by atoms with Crippen LogP contribution in [0.2, 0.25) is 0 Å². The van der Waals surface area contributed by atoms with E-state index in [1.807, 2.05) is 30.3 Å². The minimum Gasteiger partial charge on any atom is -0.497 e. The summed E-state index contributed by atoms with van der Waals surface area (Å²) in [6, 6.07) is 11.8. The van der Waals surface area contributed by atoms with Gasteiger partial charge in [-0.3, -0.25) is 4.98 Å². The molecular formula is C15H16ClNO. The molecule has 1 atom stereocenters. The lowest BCUT2D eigenvalue weighted by Crippen LogP contribution is -2.00. The zero-order valence-corrected chi connectivity index (χ0v) is 11.3. The molecule has 0 aliphatic carbocycles. The highest BCUT2D eigenvalue weighted by Crippen LogP contribution is 2.27. The van der Waals surface area contributed by atoms with Gasteiger partial charge in [-0.25, -0.2) is 0 Å². The van der Waals surface area contributed by atoms with Gasteiger partial charge in [0.1, 0.15) is 5.75 Å². The lowest BCUT2D eigenvalue weighted by atomic mass is 10.0. The Morgan fingerprint density at radius 1 is 1.28 bits per heavy atom. The molecule has 2 rings (SSSR count). The van der Waals surface area contributed by atoms with Crippen LogP contribution < -0.4 is 4.74 Å². The van der Waals surface area contributed by atoms with Crippen molar-refractivity contribution in [1.29, 1.82) is 0 Å². The summed E-state index contributed by atoms with van der Waals surface area (Å²) in [5.74, 6) is 0.830. The van der Waals surface area contributed by atoms with Crippen LogP contribution in [0, 0.1) is 6.92 Å². The third-order valence-corrected chi connectivity index (χ3v) is 3.35. The minimum absolute atomic E-state index is 0.0892. The van der Waals surface area contributed by atoms with Crippen molar-refractivity contribution >= 4 is 11.6 Å². The topological polar surface area (TPSA) is 22.1 Å². The molecule has 2 nitrogen and oxygen atoms in total. The molecule has 0 N–H and O–H groups in total. The molecule has 1 heterocycles. The van der Waals surface area contributed by atoms with Gasteiger partial charge >= 0.3 is 0 Å².